The Hall–Kier alpha value is -2.41. The third kappa shape index (κ3) is 6.56. The fraction of sp³-hybridized carbons (Fsp3) is 0.364. The van der Waals surface area contributed by atoms with Gasteiger partial charge in [0, 0.05) is 32.6 Å². The minimum Gasteiger partial charge on any atom is -0.379 e. The summed E-state index contributed by atoms with van der Waals surface area (Å²) in [4.78, 5) is 27.0. The van der Waals surface area contributed by atoms with Gasteiger partial charge in [0.15, 0.2) is 0 Å². The molecule has 3 rings (SSSR count). The van der Waals surface area contributed by atoms with Crippen molar-refractivity contribution in [2.45, 2.75) is 12.5 Å². The number of rotatable bonds is 8. The van der Waals surface area contributed by atoms with Crippen LogP contribution in [0.2, 0.25) is 5.02 Å². The Morgan fingerprint density at radius 2 is 1.72 bits per heavy atom. The molecule has 2 amide bonds. The first-order valence-corrected chi connectivity index (χ1v) is 10.2. The summed E-state index contributed by atoms with van der Waals surface area (Å²) in [6.45, 7) is 4.10. The molecule has 0 saturated carbocycles. The van der Waals surface area contributed by atoms with Crippen LogP contribution in [0.15, 0.2) is 54.6 Å². The van der Waals surface area contributed by atoms with E-state index in [-0.39, 0.29) is 30.8 Å². The van der Waals surface area contributed by atoms with Gasteiger partial charge in [-0.25, -0.2) is 0 Å². The Bertz CT molecular complexity index is 810. The van der Waals surface area contributed by atoms with Crippen molar-refractivity contribution in [3.05, 3.63) is 70.7 Å². The first-order chi connectivity index (χ1) is 14.1. The van der Waals surface area contributed by atoms with Crippen molar-refractivity contribution in [1.82, 2.24) is 15.5 Å². The molecule has 0 spiro atoms. The van der Waals surface area contributed by atoms with E-state index >= 15 is 0 Å². The molecule has 154 valence electrons. The number of hydrogen-bond donors (Lipinski definition) is 2. The van der Waals surface area contributed by atoms with Crippen molar-refractivity contribution in [3.63, 3.8) is 0 Å². The van der Waals surface area contributed by atoms with Crippen LogP contribution in [0.4, 0.5) is 0 Å². The topological polar surface area (TPSA) is 70.7 Å². The van der Waals surface area contributed by atoms with Crippen LogP contribution >= 0.6 is 11.6 Å². The minimum atomic E-state index is -0.281. The molecule has 2 N–H and O–H groups in total. The fourth-order valence-electron chi connectivity index (χ4n) is 3.26. The van der Waals surface area contributed by atoms with E-state index in [2.05, 4.69) is 15.5 Å². The Balaban J connectivity index is 1.52. The van der Waals surface area contributed by atoms with Crippen molar-refractivity contribution in [2.75, 3.05) is 39.4 Å². The lowest BCUT2D eigenvalue weighted by Crippen LogP contribution is -2.43. The van der Waals surface area contributed by atoms with Crippen molar-refractivity contribution in [1.29, 1.82) is 0 Å². The van der Waals surface area contributed by atoms with E-state index in [1.807, 2.05) is 30.3 Å². The van der Waals surface area contributed by atoms with Gasteiger partial charge in [-0.1, -0.05) is 54.1 Å². The number of carbonyl (C=O) groups is 2. The van der Waals surface area contributed by atoms with E-state index in [4.69, 9.17) is 16.3 Å². The zero-order valence-corrected chi connectivity index (χ0v) is 17.0. The SMILES string of the molecule is O=C(CCNC(=O)c1ccccc1Cl)N[C@@H](CN1CCOCC1)c1ccccc1. The van der Waals surface area contributed by atoms with Crippen LogP contribution in [0.3, 0.4) is 0 Å². The molecule has 0 unspecified atom stereocenters. The van der Waals surface area contributed by atoms with Crippen molar-refractivity contribution < 1.29 is 14.3 Å². The van der Waals surface area contributed by atoms with E-state index in [9.17, 15) is 9.59 Å². The Kier molecular flexibility index (Phi) is 8.04. The molecule has 2 aromatic rings. The molecule has 0 aromatic heterocycles. The Morgan fingerprint density at radius 1 is 1.03 bits per heavy atom. The number of ether oxygens (including phenoxy) is 1. The predicted octanol–water partition coefficient (Wildman–Crippen LogP) is 2.65. The molecule has 1 atom stereocenters. The Labute approximate surface area is 176 Å². The number of benzene rings is 2. The Morgan fingerprint density at radius 3 is 2.45 bits per heavy atom. The number of amides is 2. The van der Waals surface area contributed by atoms with Crippen molar-refractivity contribution >= 4 is 23.4 Å². The summed E-state index contributed by atoms with van der Waals surface area (Å²) in [6.07, 6.45) is 0.197. The summed E-state index contributed by atoms with van der Waals surface area (Å²) in [5.41, 5.74) is 1.47. The molecule has 1 heterocycles. The summed E-state index contributed by atoms with van der Waals surface area (Å²) in [5.74, 6) is -0.386. The van der Waals surface area contributed by atoms with Gasteiger partial charge in [-0.15, -0.1) is 0 Å². The van der Waals surface area contributed by atoms with Crippen LogP contribution < -0.4 is 10.6 Å². The molecular formula is C22H26ClN3O3. The van der Waals surface area contributed by atoms with Gasteiger partial charge in [0.25, 0.3) is 5.91 Å². The van der Waals surface area contributed by atoms with E-state index in [1.54, 1.807) is 24.3 Å². The molecule has 0 bridgehead atoms. The number of halogens is 1. The molecular weight excluding hydrogens is 390 g/mol. The van der Waals surface area contributed by atoms with Gasteiger partial charge >= 0.3 is 0 Å². The van der Waals surface area contributed by atoms with E-state index < -0.39 is 0 Å². The van der Waals surface area contributed by atoms with Crippen LogP contribution in [-0.4, -0.2) is 56.1 Å². The number of carbonyl (C=O) groups excluding carboxylic acids is 2. The first-order valence-electron chi connectivity index (χ1n) is 9.80. The van der Waals surface area contributed by atoms with Gasteiger partial charge in [0.1, 0.15) is 0 Å². The van der Waals surface area contributed by atoms with Crippen LogP contribution in [0, 0.1) is 0 Å². The average molecular weight is 416 g/mol. The van der Waals surface area contributed by atoms with E-state index in [0.717, 1.165) is 25.2 Å². The van der Waals surface area contributed by atoms with Gasteiger partial charge in [-0.3, -0.25) is 14.5 Å². The maximum absolute atomic E-state index is 12.5. The van der Waals surface area contributed by atoms with Gasteiger partial charge in [0.05, 0.1) is 29.8 Å². The largest absolute Gasteiger partial charge is 0.379 e. The van der Waals surface area contributed by atoms with E-state index in [1.165, 1.54) is 0 Å². The lowest BCUT2D eigenvalue weighted by molar-refractivity contribution is -0.121. The second-order valence-corrected chi connectivity index (χ2v) is 7.34. The van der Waals surface area contributed by atoms with Crippen molar-refractivity contribution in [2.24, 2.45) is 0 Å². The van der Waals surface area contributed by atoms with Gasteiger partial charge in [0.2, 0.25) is 5.91 Å². The number of nitrogens with zero attached hydrogens (tertiary/aromatic N) is 1. The van der Waals surface area contributed by atoms with Crippen LogP contribution in [0.25, 0.3) is 0 Å². The van der Waals surface area contributed by atoms with Crippen LogP contribution in [0.1, 0.15) is 28.4 Å². The highest BCUT2D eigenvalue weighted by atomic mass is 35.5. The molecule has 1 saturated heterocycles. The summed E-state index contributed by atoms with van der Waals surface area (Å²) < 4.78 is 5.41. The molecule has 1 aliphatic heterocycles. The number of nitrogens with one attached hydrogen (secondary N) is 2. The normalized spacial score (nSPS) is 15.5. The quantitative estimate of drug-likeness (QED) is 0.695. The van der Waals surface area contributed by atoms with Crippen LogP contribution in [-0.2, 0) is 9.53 Å². The molecule has 1 aliphatic rings. The predicted molar refractivity (Wildman–Crippen MR) is 113 cm³/mol. The average Bonchev–Trinajstić information content (AvgIpc) is 2.75. The lowest BCUT2D eigenvalue weighted by Gasteiger charge is -2.31. The molecule has 1 fully saturated rings. The summed E-state index contributed by atoms with van der Waals surface area (Å²) >= 11 is 6.04. The summed E-state index contributed by atoms with van der Waals surface area (Å²) in [7, 11) is 0. The fourth-order valence-corrected chi connectivity index (χ4v) is 3.48. The third-order valence-corrected chi connectivity index (χ3v) is 5.17. The maximum Gasteiger partial charge on any atom is 0.252 e. The summed E-state index contributed by atoms with van der Waals surface area (Å²) in [6, 6.07) is 16.7. The van der Waals surface area contributed by atoms with Gasteiger partial charge < -0.3 is 15.4 Å². The molecule has 7 heteroatoms. The summed E-state index contributed by atoms with van der Waals surface area (Å²) in [5, 5.41) is 6.25. The third-order valence-electron chi connectivity index (χ3n) is 4.84. The standard InChI is InChI=1S/C22H26ClN3O3/c23-19-9-5-4-8-18(19)22(28)24-11-10-21(27)25-20(17-6-2-1-3-7-17)16-26-12-14-29-15-13-26/h1-9,20H,10-16H2,(H,24,28)(H,25,27)/t20-/m0/s1. The molecule has 0 aliphatic carbocycles. The zero-order chi connectivity index (χ0) is 20.5. The van der Waals surface area contributed by atoms with Gasteiger partial charge in [-0.05, 0) is 17.7 Å². The molecule has 6 nitrogen and oxygen atoms in total. The first kappa shape index (κ1) is 21.3. The smallest absolute Gasteiger partial charge is 0.252 e. The molecule has 0 radical (unpaired) electrons. The van der Waals surface area contributed by atoms with Gasteiger partial charge in [-0.2, -0.15) is 0 Å². The zero-order valence-electron chi connectivity index (χ0n) is 16.3. The van der Waals surface area contributed by atoms with Crippen LogP contribution in [0.5, 0.6) is 0 Å². The maximum atomic E-state index is 12.5. The highest BCUT2D eigenvalue weighted by molar-refractivity contribution is 6.33. The van der Waals surface area contributed by atoms with Crippen molar-refractivity contribution in [3.8, 4) is 0 Å². The number of morpholine rings is 1. The highest BCUT2D eigenvalue weighted by Crippen LogP contribution is 2.16. The monoisotopic (exact) mass is 415 g/mol. The molecule has 29 heavy (non-hydrogen) atoms. The second-order valence-electron chi connectivity index (χ2n) is 6.93. The molecule has 2 aromatic carbocycles. The highest BCUT2D eigenvalue weighted by Gasteiger charge is 2.20. The van der Waals surface area contributed by atoms with E-state index in [0.29, 0.717) is 23.8 Å². The second kappa shape index (κ2) is 11.0. The minimum absolute atomic E-state index is 0.105. The lowest BCUT2D eigenvalue weighted by atomic mass is 10.1. The number of hydrogen-bond acceptors (Lipinski definition) is 4.